The lowest BCUT2D eigenvalue weighted by atomic mass is 10.3. The summed E-state index contributed by atoms with van der Waals surface area (Å²) in [6.07, 6.45) is -1.25. The fraction of sp³-hybridized carbons (Fsp3) is 0.231. The van der Waals surface area contributed by atoms with Crippen LogP contribution in [-0.2, 0) is 6.54 Å². The van der Waals surface area contributed by atoms with Gasteiger partial charge in [-0.05, 0) is 33.6 Å². The van der Waals surface area contributed by atoms with Crippen LogP contribution >= 0.6 is 15.9 Å². The van der Waals surface area contributed by atoms with Gasteiger partial charge in [-0.2, -0.15) is 13.2 Å². The Kier molecular flexibility index (Phi) is 5.00. The molecule has 0 aromatic carbocycles. The highest BCUT2D eigenvalue weighted by molar-refractivity contribution is 9.10. The molecule has 2 rings (SSSR count). The van der Waals surface area contributed by atoms with Crippen molar-refractivity contribution in [3.63, 3.8) is 0 Å². The molecule has 2 heterocycles. The van der Waals surface area contributed by atoms with Crippen LogP contribution in [0.2, 0.25) is 0 Å². The van der Waals surface area contributed by atoms with Crippen molar-refractivity contribution in [1.29, 1.82) is 0 Å². The Hall–Kier alpha value is -1.83. The molecule has 112 valence electrons. The van der Waals surface area contributed by atoms with Gasteiger partial charge in [0, 0.05) is 29.5 Å². The fourth-order valence-electron chi connectivity index (χ4n) is 1.43. The average molecular weight is 362 g/mol. The summed E-state index contributed by atoms with van der Waals surface area (Å²) < 4.78 is 41.4. The second-order valence-corrected chi connectivity index (χ2v) is 5.04. The summed E-state index contributed by atoms with van der Waals surface area (Å²) in [6, 6.07) is 6.70. The number of ether oxygens (including phenoxy) is 1. The molecule has 0 saturated carbocycles. The van der Waals surface area contributed by atoms with Crippen LogP contribution in [0.3, 0.4) is 0 Å². The van der Waals surface area contributed by atoms with Crippen LogP contribution in [0.4, 0.5) is 19.0 Å². The monoisotopic (exact) mass is 361 g/mol. The molecule has 4 nitrogen and oxygen atoms in total. The van der Waals surface area contributed by atoms with E-state index in [0.29, 0.717) is 12.4 Å². The first kappa shape index (κ1) is 15.6. The number of halogens is 4. The Morgan fingerprint density at radius 1 is 1.10 bits per heavy atom. The number of hydrogen-bond donors (Lipinski definition) is 1. The second kappa shape index (κ2) is 6.75. The van der Waals surface area contributed by atoms with Crippen molar-refractivity contribution >= 4 is 21.7 Å². The largest absolute Gasteiger partial charge is 0.468 e. The van der Waals surface area contributed by atoms with Gasteiger partial charge in [-0.3, -0.25) is 0 Å². The highest BCUT2D eigenvalue weighted by atomic mass is 79.9. The van der Waals surface area contributed by atoms with E-state index < -0.39 is 12.8 Å². The van der Waals surface area contributed by atoms with E-state index in [1.54, 1.807) is 18.3 Å². The molecular weight excluding hydrogens is 351 g/mol. The van der Waals surface area contributed by atoms with Crippen molar-refractivity contribution in [2.45, 2.75) is 12.7 Å². The molecular formula is C13H11BrF3N3O. The van der Waals surface area contributed by atoms with Crippen molar-refractivity contribution in [3.8, 4) is 5.88 Å². The van der Waals surface area contributed by atoms with Gasteiger partial charge < -0.3 is 10.1 Å². The number of hydrogen-bond acceptors (Lipinski definition) is 4. The standard InChI is InChI=1S/C13H11BrF3N3O/c14-10-2-3-11(19-7-10)18-5-9-1-4-12(20-6-9)21-8-13(15,16)17/h1-4,6-7H,5,8H2,(H,18,19). The van der Waals surface area contributed by atoms with E-state index in [9.17, 15) is 13.2 Å². The van der Waals surface area contributed by atoms with Gasteiger partial charge in [-0.25, -0.2) is 9.97 Å². The van der Waals surface area contributed by atoms with Crippen LogP contribution in [0.1, 0.15) is 5.56 Å². The molecule has 0 radical (unpaired) electrons. The number of rotatable bonds is 5. The number of pyridine rings is 2. The highest BCUT2D eigenvalue weighted by Crippen LogP contribution is 2.17. The molecule has 0 aliphatic heterocycles. The zero-order valence-electron chi connectivity index (χ0n) is 10.7. The van der Waals surface area contributed by atoms with E-state index in [1.807, 2.05) is 6.07 Å². The minimum absolute atomic E-state index is 0.0576. The summed E-state index contributed by atoms with van der Waals surface area (Å²) in [7, 11) is 0. The SMILES string of the molecule is FC(F)(F)COc1ccc(CNc2ccc(Br)cn2)cn1. The quantitative estimate of drug-likeness (QED) is 0.879. The minimum Gasteiger partial charge on any atom is -0.468 e. The first-order valence-electron chi connectivity index (χ1n) is 5.92. The van der Waals surface area contributed by atoms with E-state index in [-0.39, 0.29) is 5.88 Å². The number of nitrogens with one attached hydrogen (secondary N) is 1. The van der Waals surface area contributed by atoms with Crippen molar-refractivity contribution < 1.29 is 17.9 Å². The summed E-state index contributed by atoms with van der Waals surface area (Å²) in [5.41, 5.74) is 0.805. The van der Waals surface area contributed by atoms with Crippen molar-refractivity contribution in [3.05, 3.63) is 46.7 Å². The molecule has 2 aromatic rings. The Morgan fingerprint density at radius 3 is 2.48 bits per heavy atom. The Balaban J connectivity index is 1.86. The molecule has 0 amide bonds. The number of aromatic nitrogens is 2. The maximum atomic E-state index is 12.0. The lowest BCUT2D eigenvalue weighted by Crippen LogP contribution is -2.19. The van der Waals surface area contributed by atoms with Crippen LogP contribution in [0.15, 0.2) is 41.1 Å². The molecule has 0 saturated heterocycles. The summed E-state index contributed by atoms with van der Waals surface area (Å²) in [4.78, 5) is 7.96. The third-order valence-electron chi connectivity index (χ3n) is 2.38. The van der Waals surface area contributed by atoms with E-state index in [2.05, 4.69) is 36.0 Å². The maximum Gasteiger partial charge on any atom is 0.422 e. The van der Waals surface area contributed by atoms with Gasteiger partial charge in [0.15, 0.2) is 6.61 Å². The van der Waals surface area contributed by atoms with Crippen LogP contribution in [0.5, 0.6) is 5.88 Å². The molecule has 21 heavy (non-hydrogen) atoms. The van der Waals surface area contributed by atoms with Crippen molar-refractivity contribution in [1.82, 2.24) is 9.97 Å². The first-order valence-corrected chi connectivity index (χ1v) is 6.71. The van der Waals surface area contributed by atoms with Crippen LogP contribution < -0.4 is 10.1 Å². The van der Waals surface area contributed by atoms with E-state index >= 15 is 0 Å². The molecule has 0 bridgehead atoms. The molecule has 1 N–H and O–H groups in total. The minimum atomic E-state index is -4.37. The molecule has 2 aromatic heterocycles. The summed E-state index contributed by atoms with van der Waals surface area (Å²) in [6.45, 7) is -0.887. The lowest BCUT2D eigenvalue weighted by Gasteiger charge is -2.09. The van der Waals surface area contributed by atoms with E-state index in [1.165, 1.54) is 12.3 Å². The second-order valence-electron chi connectivity index (χ2n) is 4.12. The smallest absolute Gasteiger partial charge is 0.422 e. The zero-order valence-corrected chi connectivity index (χ0v) is 12.3. The van der Waals surface area contributed by atoms with Gasteiger partial charge in [-0.1, -0.05) is 6.07 Å². The summed E-state index contributed by atoms with van der Waals surface area (Å²) in [5.74, 6) is 0.633. The normalized spacial score (nSPS) is 11.2. The maximum absolute atomic E-state index is 12.0. The van der Waals surface area contributed by atoms with Gasteiger partial charge in [0.05, 0.1) is 0 Å². The van der Waals surface area contributed by atoms with Gasteiger partial charge in [0.1, 0.15) is 5.82 Å². The molecule has 0 atom stereocenters. The third kappa shape index (κ3) is 5.58. The topological polar surface area (TPSA) is 47.0 Å². The van der Waals surface area contributed by atoms with Crippen molar-refractivity contribution in [2.75, 3.05) is 11.9 Å². The third-order valence-corrected chi connectivity index (χ3v) is 2.85. The predicted octanol–water partition coefficient (Wildman–Crippen LogP) is 3.79. The van der Waals surface area contributed by atoms with Gasteiger partial charge >= 0.3 is 6.18 Å². The lowest BCUT2D eigenvalue weighted by molar-refractivity contribution is -0.154. The molecule has 8 heteroatoms. The zero-order chi connectivity index (χ0) is 15.3. The summed E-state index contributed by atoms with van der Waals surface area (Å²) in [5, 5.41) is 3.07. The van der Waals surface area contributed by atoms with Gasteiger partial charge in [0.25, 0.3) is 0 Å². The molecule has 0 unspecified atom stereocenters. The fourth-order valence-corrected chi connectivity index (χ4v) is 1.66. The van der Waals surface area contributed by atoms with Crippen LogP contribution in [-0.4, -0.2) is 22.8 Å². The Labute approximate surface area is 127 Å². The number of nitrogens with zero attached hydrogens (tertiary/aromatic N) is 2. The van der Waals surface area contributed by atoms with E-state index in [0.717, 1.165) is 10.0 Å². The number of anilines is 1. The Bertz CT molecular complexity index is 573. The Morgan fingerprint density at radius 2 is 1.90 bits per heavy atom. The molecule has 0 spiro atoms. The molecule has 0 aliphatic rings. The number of alkyl halides is 3. The first-order chi connectivity index (χ1) is 9.92. The van der Waals surface area contributed by atoms with Crippen LogP contribution in [0.25, 0.3) is 0 Å². The summed E-state index contributed by atoms with van der Waals surface area (Å²) >= 11 is 3.28. The van der Waals surface area contributed by atoms with E-state index in [4.69, 9.17) is 0 Å². The van der Waals surface area contributed by atoms with Gasteiger partial charge in [0.2, 0.25) is 5.88 Å². The predicted molar refractivity (Wildman–Crippen MR) is 75.1 cm³/mol. The van der Waals surface area contributed by atoms with Crippen LogP contribution in [0, 0.1) is 0 Å². The van der Waals surface area contributed by atoms with Crippen molar-refractivity contribution in [2.24, 2.45) is 0 Å². The van der Waals surface area contributed by atoms with Gasteiger partial charge in [-0.15, -0.1) is 0 Å². The molecule has 0 aliphatic carbocycles. The highest BCUT2D eigenvalue weighted by Gasteiger charge is 2.28. The average Bonchev–Trinajstić information content (AvgIpc) is 2.45. The molecule has 0 fully saturated rings.